The van der Waals surface area contributed by atoms with Crippen LogP contribution in [0.25, 0.3) is 16.6 Å². The fraction of sp³-hybridized carbons (Fsp3) is 0.208. The van der Waals surface area contributed by atoms with E-state index in [1.807, 2.05) is 25.3 Å². The van der Waals surface area contributed by atoms with Gasteiger partial charge in [-0.05, 0) is 43.2 Å². The molecule has 1 fully saturated rings. The van der Waals surface area contributed by atoms with E-state index in [-0.39, 0.29) is 11.9 Å². The van der Waals surface area contributed by atoms with Gasteiger partial charge in [-0.2, -0.15) is 0 Å². The molecule has 1 aromatic carbocycles. The van der Waals surface area contributed by atoms with Crippen molar-refractivity contribution in [2.45, 2.75) is 19.4 Å². The number of rotatable bonds is 7. The van der Waals surface area contributed by atoms with Crippen molar-refractivity contribution in [2.24, 2.45) is 10.7 Å². The quantitative estimate of drug-likeness (QED) is 0.378. The summed E-state index contributed by atoms with van der Waals surface area (Å²) in [7, 11) is 0. The Hall–Kier alpha value is -3.98. The Morgan fingerprint density at radius 2 is 2.24 bits per heavy atom. The first kappa shape index (κ1) is 22.2. The number of benzene rings is 1. The molecule has 1 unspecified atom stereocenters. The Morgan fingerprint density at radius 3 is 2.97 bits per heavy atom. The van der Waals surface area contributed by atoms with E-state index < -0.39 is 5.82 Å². The minimum absolute atomic E-state index is 0.105. The van der Waals surface area contributed by atoms with Gasteiger partial charge in [0.1, 0.15) is 5.82 Å². The first-order valence-corrected chi connectivity index (χ1v) is 10.5. The Morgan fingerprint density at radius 1 is 1.39 bits per heavy atom. The number of allylic oxidation sites excluding steroid dienone is 1. The number of nitrogens with two attached hydrogens (primary N) is 1. The molecule has 8 nitrogen and oxygen atoms in total. The Kier molecular flexibility index (Phi) is 6.50. The first-order chi connectivity index (χ1) is 16.0. The van der Waals surface area contributed by atoms with Gasteiger partial charge in [0.25, 0.3) is 0 Å². The van der Waals surface area contributed by atoms with Gasteiger partial charge in [0.05, 0.1) is 35.7 Å². The van der Waals surface area contributed by atoms with Crippen molar-refractivity contribution in [1.82, 2.24) is 9.55 Å². The van der Waals surface area contributed by atoms with Gasteiger partial charge in [-0.25, -0.2) is 9.37 Å². The zero-order valence-electron chi connectivity index (χ0n) is 18.2. The molecule has 4 N–H and O–H groups in total. The van der Waals surface area contributed by atoms with E-state index in [4.69, 9.17) is 10.5 Å². The number of halogens is 1. The molecular formula is C24H25FN6O2. The maximum atomic E-state index is 14.8. The molecule has 3 heterocycles. The molecule has 4 rings (SSSR count). The molecule has 33 heavy (non-hydrogen) atoms. The second-order valence-electron chi connectivity index (χ2n) is 7.67. The van der Waals surface area contributed by atoms with Crippen LogP contribution in [0.4, 0.5) is 15.9 Å². The molecule has 0 spiro atoms. The van der Waals surface area contributed by atoms with E-state index in [0.29, 0.717) is 36.1 Å². The lowest BCUT2D eigenvalue weighted by Crippen LogP contribution is -2.10. The summed E-state index contributed by atoms with van der Waals surface area (Å²) in [5.41, 5.74) is 8.95. The van der Waals surface area contributed by atoms with E-state index in [0.717, 1.165) is 29.1 Å². The maximum Gasteiger partial charge on any atom is 0.247 e. The van der Waals surface area contributed by atoms with Gasteiger partial charge in [-0.3, -0.25) is 9.79 Å². The third-order valence-corrected chi connectivity index (χ3v) is 5.33. The highest BCUT2D eigenvalue weighted by molar-refractivity contribution is 6.00. The maximum absolute atomic E-state index is 14.8. The number of fused-ring (bicyclic) bond motifs is 1. The molecule has 1 amide bonds. The second kappa shape index (κ2) is 9.66. The highest BCUT2D eigenvalue weighted by atomic mass is 19.1. The summed E-state index contributed by atoms with van der Waals surface area (Å²) < 4.78 is 21.9. The monoisotopic (exact) mass is 448 g/mol. The number of aromatic nitrogens is 2. The van der Waals surface area contributed by atoms with Crippen molar-refractivity contribution in [1.29, 1.82) is 0 Å². The molecule has 9 heteroatoms. The van der Waals surface area contributed by atoms with Gasteiger partial charge in [0, 0.05) is 42.4 Å². The number of nitrogens with one attached hydrogen (secondary N) is 2. The minimum atomic E-state index is -0.475. The number of carbonyl (C=O) groups excluding carboxylic acids is 1. The number of hydrogen-bond donors (Lipinski definition) is 3. The van der Waals surface area contributed by atoms with Crippen LogP contribution < -0.4 is 16.4 Å². The van der Waals surface area contributed by atoms with Crippen LogP contribution in [0, 0.1) is 12.7 Å². The number of nitrogens with zero attached hydrogens (tertiary/aromatic N) is 3. The number of aryl methyl sites for hydroxylation is 1. The fourth-order valence-electron chi connectivity index (χ4n) is 3.64. The predicted molar refractivity (Wildman–Crippen MR) is 128 cm³/mol. The smallest absolute Gasteiger partial charge is 0.247 e. The van der Waals surface area contributed by atoms with Crippen molar-refractivity contribution in [3.63, 3.8) is 0 Å². The van der Waals surface area contributed by atoms with Crippen LogP contribution in [0.3, 0.4) is 0 Å². The number of aliphatic imine (C=N–C) groups is 1. The van der Waals surface area contributed by atoms with Crippen LogP contribution in [-0.2, 0) is 9.53 Å². The summed E-state index contributed by atoms with van der Waals surface area (Å²) in [6.45, 7) is 6.68. The Balaban J connectivity index is 1.63. The van der Waals surface area contributed by atoms with Gasteiger partial charge >= 0.3 is 0 Å². The van der Waals surface area contributed by atoms with Gasteiger partial charge in [0.15, 0.2) is 5.82 Å². The molecule has 1 atom stereocenters. The normalized spacial score (nSPS) is 16.4. The predicted octanol–water partition coefficient (Wildman–Crippen LogP) is 3.67. The summed E-state index contributed by atoms with van der Waals surface area (Å²) in [6.07, 6.45) is 8.10. The van der Waals surface area contributed by atoms with Crippen molar-refractivity contribution < 1.29 is 13.9 Å². The van der Waals surface area contributed by atoms with Crippen LogP contribution >= 0.6 is 0 Å². The van der Waals surface area contributed by atoms with Crippen LogP contribution in [-0.4, -0.2) is 40.9 Å². The number of ether oxygens (including phenoxy) is 1. The summed E-state index contributed by atoms with van der Waals surface area (Å²) in [5.74, 6) is -0.349. The number of anilines is 2. The molecule has 1 aliphatic rings. The lowest BCUT2D eigenvalue weighted by atomic mass is 10.1. The van der Waals surface area contributed by atoms with E-state index in [9.17, 15) is 9.18 Å². The molecule has 2 aromatic heterocycles. The first-order valence-electron chi connectivity index (χ1n) is 10.5. The zero-order valence-corrected chi connectivity index (χ0v) is 18.2. The lowest BCUT2D eigenvalue weighted by Gasteiger charge is -2.11. The number of carbonyl (C=O) groups is 1. The summed E-state index contributed by atoms with van der Waals surface area (Å²) in [6, 6.07) is 7.15. The van der Waals surface area contributed by atoms with E-state index in [1.54, 1.807) is 22.9 Å². The largest absolute Gasteiger partial charge is 0.403 e. The topological polar surface area (TPSA) is 107 Å². The highest BCUT2D eigenvalue weighted by Crippen LogP contribution is 2.29. The molecule has 0 bridgehead atoms. The molecule has 0 radical (unpaired) electrons. The molecular weight excluding hydrogens is 423 g/mol. The van der Waals surface area contributed by atoms with E-state index in [2.05, 4.69) is 27.2 Å². The molecule has 1 aliphatic heterocycles. The molecule has 1 saturated heterocycles. The molecule has 170 valence electrons. The molecule has 3 aromatic rings. The summed E-state index contributed by atoms with van der Waals surface area (Å²) in [4.78, 5) is 20.2. The number of amides is 1. The average molecular weight is 449 g/mol. The van der Waals surface area contributed by atoms with Crippen LogP contribution in [0.15, 0.2) is 66.2 Å². The van der Waals surface area contributed by atoms with E-state index >= 15 is 0 Å². The average Bonchev–Trinajstić information content (AvgIpc) is 3.45. The molecule has 0 saturated carbocycles. The van der Waals surface area contributed by atoms with Crippen LogP contribution in [0.5, 0.6) is 0 Å². The Labute approximate surface area is 190 Å². The van der Waals surface area contributed by atoms with E-state index in [1.165, 1.54) is 12.3 Å². The van der Waals surface area contributed by atoms with Crippen molar-refractivity contribution in [2.75, 3.05) is 23.8 Å². The van der Waals surface area contributed by atoms with Crippen molar-refractivity contribution in [3.05, 3.63) is 72.6 Å². The van der Waals surface area contributed by atoms with Crippen LogP contribution in [0.1, 0.15) is 12.0 Å². The summed E-state index contributed by atoms with van der Waals surface area (Å²) in [5, 5.41) is 6.71. The fourth-order valence-corrected chi connectivity index (χ4v) is 3.64. The minimum Gasteiger partial charge on any atom is -0.403 e. The van der Waals surface area contributed by atoms with Crippen molar-refractivity contribution >= 4 is 34.5 Å². The van der Waals surface area contributed by atoms with Crippen LogP contribution in [0.2, 0.25) is 0 Å². The summed E-state index contributed by atoms with van der Waals surface area (Å²) >= 11 is 0. The van der Waals surface area contributed by atoms with Gasteiger partial charge < -0.3 is 25.7 Å². The highest BCUT2D eigenvalue weighted by Gasteiger charge is 2.15. The number of hydrogen-bond acceptors (Lipinski definition) is 6. The van der Waals surface area contributed by atoms with Gasteiger partial charge in [-0.1, -0.05) is 6.58 Å². The van der Waals surface area contributed by atoms with Gasteiger partial charge in [-0.15, -0.1) is 0 Å². The second-order valence-corrected chi connectivity index (χ2v) is 7.67. The standard InChI is InChI=1S/C24H25FN6O2/c1-3-24(32)30-16-4-5-21-19(8-16)15(2)13-31(21)22-9-23(28-12-20(22)25)29-18(10-26)11-27-17-6-7-33-14-17/h3-5,8-13,17H,1,6-7,14,26H2,2H3,(H,28,29)(H,30,32)/b18-10+,27-11?. The molecule has 0 aliphatic carbocycles. The third kappa shape index (κ3) is 4.93. The van der Waals surface area contributed by atoms with Crippen molar-refractivity contribution in [3.8, 4) is 5.69 Å². The third-order valence-electron chi connectivity index (χ3n) is 5.33. The number of pyridine rings is 1. The SMILES string of the molecule is C=CC(=O)Nc1ccc2c(c1)c(C)cn2-c1cc(N/C(C=NC2CCOC2)=C/N)ncc1F. The lowest BCUT2D eigenvalue weighted by molar-refractivity contribution is -0.111. The Bertz CT molecular complexity index is 1260. The van der Waals surface area contributed by atoms with Gasteiger partial charge in [0.2, 0.25) is 5.91 Å². The zero-order chi connectivity index (χ0) is 23.4.